The van der Waals surface area contributed by atoms with Crippen molar-refractivity contribution >= 4 is 33.9 Å². The van der Waals surface area contributed by atoms with E-state index in [1.54, 1.807) is 24.5 Å². The van der Waals surface area contributed by atoms with Crippen LogP contribution in [0.5, 0.6) is 0 Å². The minimum absolute atomic E-state index is 0.0556. The van der Waals surface area contributed by atoms with Crippen LogP contribution in [0.2, 0.25) is 0 Å². The third-order valence-corrected chi connectivity index (χ3v) is 7.67. The highest BCUT2D eigenvalue weighted by molar-refractivity contribution is 7.85. The van der Waals surface area contributed by atoms with Crippen molar-refractivity contribution in [3.8, 4) is 0 Å². The summed E-state index contributed by atoms with van der Waals surface area (Å²) in [7, 11) is -4.02. The number of hydrazine groups is 1. The summed E-state index contributed by atoms with van der Waals surface area (Å²) in [6.45, 7) is 13.8. The van der Waals surface area contributed by atoms with E-state index in [1.807, 2.05) is 84.0 Å². The molecule has 0 radical (unpaired) electrons. The number of nitrogens with one attached hydrogen (secondary N) is 2. The Morgan fingerprint density at radius 1 is 0.956 bits per heavy atom. The van der Waals surface area contributed by atoms with Crippen molar-refractivity contribution in [3.05, 3.63) is 71.8 Å². The first-order chi connectivity index (χ1) is 20.9. The van der Waals surface area contributed by atoms with Crippen LogP contribution in [0.3, 0.4) is 0 Å². The van der Waals surface area contributed by atoms with Crippen LogP contribution < -0.4 is 16.6 Å². The van der Waals surface area contributed by atoms with E-state index < -0.39 is 45.7 Å². The fraction of sp³-hybridized carbons (Fsp3) is 0.485. The standard InChI is InChI=1S/C26H42N4O4.C7H8O3S/c1-18(2)17-22(21(24(32)29-34)14-10-13-20-11-8-7-9-12-20)23(31)28-30(25(33)19(3)27)16-15-26(4,5)6;1-6-2-4-7(5-3-6)11(8,9)10/h7-13,18-19,21-22,34H,14-17,27H2,1-6H3,(H,28,31)(H,29,32);2-5H,1H3,(H,8,9,10)/t19-,21+,22-;/m1./s1. The number of amides is 3. The van der Waals surface area contributed by atoms with Crippen LogP contribution in [-0.4, -0.2) is 53.5 Å². The lowest BCUT2D eigenvalue weighted by molar-refractivity contribution is -0.148. The van der Waals surface area contributed by atoms with E-state index in [0.29, 0.717) is 19.4 Å². The van der Waals surface area contributed by atoms with Crippen molar-refractivity contribution in [2.75, 3.05) is 6.54 Å². The monoisotopic (exact) mass is 646 g/mol. The zero-order valence-corrected chi connectivity index (χ0v) is 28.2. The first-order valence-electron chi connectivity index (χ1n) is 14.9. The Labute approximate surface area is 267 Å². The summed E-state index contributed by atoms with van der Waals surface area (Å²) in [6, 6.07) is 14.8. The molecule has 12 heteroatoms. The highest BCUT2D eigenvalue weighted by atomic mass is 32.2. The summed E-state index contributed by atoms with van der Waals surface area (Å²) in [6.07, 6.45) is 5.00. The number of hydroxylamine groups is 1. The molecule has 2 rings (SSSR count). The lowest BCUT2D eigenvalue weighted by Crippen LogP contribution is -2.55. The highest BCUT2D eigenvalue weighted by Crippen LogP contribution is 2.26. The number of nitrogens with zero attached hydrogens (tertiary/aromatic N) is 1. The van der Waals surface area contributed by atoms with Gasteiger partial charge in [-0.2, -0.15) is 8.42 Å². The first-order valence-corrected chi connectivity index (χ1v) is 16.4. The van der Waals surface area contributed by atoms with Gasteiger partial charge in [0.1, 0.15) is 0 Å². The molecule has 45 heavy (non-hydrogen) atoms. The van der Waals surface area contributed by atoms with Gasteiger partial charge in [-0.3, -0.25) is 34.6 Å². The van der Waals surface area contributed by atoms with Crippen LogP contribution in [0, 0.1) is 30.1 Å². The van der Waals surface area contributed by atoms with Crippen LogP contribution in [-0.2, 0) is 24.5 Å². The lowest BCUT2D eigenvalue weighted by atomic mass is 9.82. The van der Waals surface area contributed by atoms with Crippen LogP contribution in [0.4, 0.5) is 0 Å². The summed E-state index contributed by atoms with van der Waals surface area (Å²) in [4.78, 5) is 38.6. The summed E-state index contributed by atoms with van der Waals surface area (Å²) < 4.78 is 29.6. The maximum absolute atomic E-state index is 13.4. The van der Waals surface area contributed by atoms with Gasteiger partial charge in [0.2, 0.25) is 11.8 Å². The summed E-state index contributed by atoms with van der Waals surface area (Å²) in [5.41, 5.74) is 12.1. The second-order valence-electron chi connectivity index (χ2n) is 12.7. The zero-order chi connectivity index (χ0) is 34.4. The third-order valence-electron chi connectivity index (χ3n) is 6.80. The predicted octanol–water partition coefficient (Wildman–Crippen LogP) is 4.76. The van der Waals surface area contributed by atoms with Crippen molar-refractivity contribution in [3.63, 3.8) is 0 Å². The Morgan fingerprint density at radius 2 is 1.53 bits per heavy atom. The molecular weight excluding hydrogens is 596 g/mol. The molecule has 0 unspecified atom stereocenters. The van der Waals surface area contributed by atoms with E-state index >= 15 is 0 Å². The molecule has 0 aliphatic heterocycles. The molecule has 0 spiro atoms. The minimum Gasteiger partial charge on any atom is -0.320 e. The average Bonchev–Trinajstić information content (AvgIpc) is 2.95. The van der Waals surface area contributed by atoms with Crippen molar-refractivity contribution in [2.45, 2.75) is 78.7 Å². The molecule has 0 aliphatic rings. The first kappa shape index (κ1) is 39.4. The number of benzene rings is 2. The fourth-order valence-corrected chi connectivity index (χ4v) is 4.73. The smallest absolute Gasteiger partial charge is 0.294 e. The molecule has 3 amide bonds. The van der Waals surface area contributed by atoms with E-state index in [4.69, 9.17) is 10.3 Å². The van der Waals surface area contributed by atoms with E-state index in [-0.39, 0.29) is 22.6 Å². The van der Waals surface area contributed by atoms with Gasteiger partial charge in [0.05, 0.1) is 22.8 Å². The lowest BCUT2D eigenvalue weighted by Gasteiger charge is -2.32. The van der Waals surface area contributed by atoms with Gasteiger partial charge in [0.25, 0.3) is 16.0 Å². The molecule has 250 valence electrons. The number of hydrogen-bond donors (Lipinski definition) is 5. The van der Waals surface area contributed by atoms with Gasteiger partial charge in [-0.25, -0.2) is 5.48 Å². The van der Waals surface area contributed by atoms with Gasteiger partial charge in [-0.05, 0) is 62.1 Å². The number of rotatable bonds is 12. The van der Waals surface area contributed by atoms with Crippen molar-refractivity contribution in [1.82, 2.24) is 15.9 Å². The summed E-state index contributed by atoms with van der Waals surface area (Å²) >= 11 is 0. The van der Waals surface area contributed by atoms with Crippen LogP contribution >= 0.6 is 0 Å². The normalized spacial score (nSPS) is 13.8. The molecule has 0 saturated heterocycles. The maximum atomic E-state index is 13.4. The van der Waals surface area contributed by atoms with Crippen LogP contribution in [0.15, 0.2) is 65.6 Å². The fourth-order valence-electron chi connectivity index (χ4n) is 4.25. The predicted molar refractivity (Wildman–Crippen MR) is 175 cm³/mol. The minimum atomic E-state index is -4.02. The molecule has 11 nitrogen and oxygen atoms in total. The van der Waals surface area contributed by atoms with Gasteiger partial charge in [0, 0.05) is 6.54 Å². The molecule has 0 heterocycles. The van der Waals surface area contributed by atoms with E-state index in [0.717, 1.165) is 11.1 Å². The largest absolute Gasteiger partial charge is 0.320 e. The summed E-state index contributed by atoms with van der Waals surface area (Å²) in [5.74, 6) is -2.95. The van der Waals surface area contributed by atoms with Crippen molar-refractivity contribution in [1.29, 1.82) is 0 Å². The second kappa shape index (κ2) is 18.4. The second-order valence-corrected chi connectivity index (χ2v) is 14.1. The van der Waals surface area contributed by atoms with E-state index in [9.17, 15) is 28.0 Å². The van der Waals surface area contributed by atoms with Crippen molar-refractivity contribution < 1.29 is 32.6 Å². The molecule has 6 N–H and O–H groups in total. The topological polar surface area (TPSA) is 179 Å². The van der Waals surface area contributed by atoms with E-state index in [1.165, 1.54) is 17.1 Å². The number of allylic oxidation sites excluding steroid dienone is 1. The molecule has 0 bridgehead atoms. The SMILES string of the molecule is CC(C)C[C@@H](C(=O)NN(CCC(C)(C)C)C(=O)[C@@H](C)N)[C@H](CC=Cc1ccccc1)C(=O)NO.Cc1ccc(S(=O)(=O)O)cc1. The number of carbonyl (C=O) groups is 3. The molecule has 2 aromatic rings. The van der Waals surface area contributed by atoms with E-state index in [2.05, 4.69) is 5.43 Å². The van der Waals surface area contributed by atoms with Crippen LogP contribution in [0.1, 0.15) is 71.9 Å². The highest BCUT2D eigenvalue weighted by Gasteiger charge is 2.35. The van der Waals surface area contributed by atoms with Gasteiger partial charge in [0.15, 0.2) is 0 Å². The Bertz CT molecular complexity index is 1350. The number of hydrogen-bond acceptors (Lipinski definition) is 7. The zero-order valence-electron chi connectivity index (χ0n) is 27.4. The molecule has 0 fully saturated rings. The quantitative estimate of drug-likeness (QED) is 0.124. The number of nitrogens with two attached hydrogens (primary N) is 1. The maximum Gasteiger partial charge on any atom is 0.294 e. The molecule has 2 aromatic carbocycles. The van der Waals surface area contributed by atoms with Gasteiger partial charge >= 0.3 is 0 Å². The Morgan fingerprint density at radius 3 is 2.00 bits per heavy atom. The average molecular weight is 647 g/mol. The molecule has 0 aliphatic carbocycles. The number of aryl methyl sites for hydroxylation is 1. The molecule has 3 atom stereocenters. The van der Waals surface area contributed by atoms with Gasteiger partial charge in [-0.15, -0.1) is 0 Å². The Hall–Kier alpha value is -3.58. The van der Waals surface area contributed by atoms with Crippen molar-refractivity contribution in [2.24, 2.45) is 28.9 Å². The molecule has 0 aromatic heterocycles. The van der Waals surface area contributed by atoms with Gasteiger partial charge in [-0.1, -0.05) is 94.8 Å². The third kappa shape index (κ3) is 15.3. The molecular formula is C33H50N4O7S. The van der Waals surface area contributed by atoms with Crippen LogP contribution in [0.25, 0.3) is 6.08 Å². The summed E-state index contributed by atoms with van der Waals surface area (Å²) in [5, 5.41) is 10.6. The number of carbonyl (C=O) groups excluding carboxylic acids is 3. The van der Waals surface area contributed by atoms with Gasteiger partial charge < -0.3 is 5.73 Å². The molecule has 0 saturated carbocycles. The Balaban J connectivity index is 0.000000768. The Kier molecular flexibility index (Phi) is 16.1.